The summed E-state index contributed by atoms with van der Waals surface area (Å²) in [7, 11) is 0. The maximum absolute atomic E-state index is 11.8. The summed E-state index contributed by atoms with van der Waals surface area (Å²) in [5, 5.41) is 11.4. The van der Waals surface area contributed by atoms with E-state index in [9.17, 15) is 14.4 Å². The number of carboxylic acid groups (broad SMARTS) is 1. The standard InChI is InChI=1S/C13H22N2O4/c1-3-9-15(10-13(18)19)12(17)7-5-4-6-8-14-11(2)16/h3H,1,4-10H2,2H3,(H,14,16)(H,18,19). The highest BCUT2D eigenvalue weighted by Crippen LogP contribution is 2.03. The molecule has 0 aliphatic rings. The quantitative estimate of drug-likeness (QED) is 0.454. The number of amides is 2. The van der Waals surface area contributed by atoms with Gasteiger partial charge in [-0.3, -0.25) is 14.4 Å². The molecule has 0 radical (unpaired) electrons. The first-order valence-electron chi connectivity index (χ1n) is 6.32. The summed E-state index contributed by atoms with van der Waals surface area (Å²) in [6, 6.07) is 0. The van der Waals surface area contributed by atoms with Crippen molar-refractivity contribution < 1.29 is 19.5 Å². The SMILES string of the molecule is C=CCN(CC(=O)O)C(=O)CCCCCNC(C)=O. The van der Waals surface area contributed by atoms with Gasteiger partial charge in [0.1, 0.15) is 6.54 Å². The first-order chi connectivity index (χ1) is 8.97. The summed E-state index contributed by atoms with van der Waals surface area (Å²) in [6.07, 6.45) is 4.15. The minimum Gasteiger partial charge on any atom is -0.480 e. The van der Waals surface area contributed by atoms with Crippen LogP contribution in [0.3, 0.4) is 0 Å². The Kier molecular flexibility index (Phi) is 9.12. The Hall–Kier alpha value is -1.85. The lowest BCUT2D eigenvalue weighted by Gasteiger charge is -2.18. The summed E-state index contributed by atoms with van der Waals surface area (Å²) >= 11 is 0. The lowest BCUT2D eigenvalue weighted by atomic mass is 10.1. The normalized spacial score (nSPS) is 9.74. The van der Waals surface area contributed by atoms with Crippen molar-refractivity contribution in [2.24, 2.45) is 0 Å². The van der Waals surface area contributed by atoms with Gasteiger partial charge >= 0.3 is 5.97 Å². The molecule has 0 atom stereocenters. The maximum Gasteiger partial charge on any atom is 0.323 e. The van der Waals surface area contributed by atoms with Gasteiger partial charge in [0, 0.05) is 26.4 Å². The van der Waals surface area contributed by atoms with Crippen LogP contribution in [-0.4, -0.2) is 47.4 Å². The highest BCUT2D eigenvalue weighted by Gasteiger charge is 2.14. The number of hydrogen-bond donors (Lipinski definition) is 2. The van der Waals surface area contributed by atoms with Gasteiger partial charge in [0.05, 0.1) is 0 Å². The Bertz CT molecular complexity index is 329. The number of rotatable bonds is 10. The Morgan fingerprint density at radius 2 is 1.95 bits per heavy atom. The Morgan fingerprint density at radius 1 is 1.26 bits per heavy atom. The second-order valence-electron chi connectivity index (χ2n) is 4.25. The molecule has 0 aromatic rings. The monoisotopic (exact) mass is 270 g/mol. The number of unbranched alkanes of at least 4 members (excludes halogenated alkanes) is 2. The van der Waals surface area contributed by atoms with Crippen LogP contribution in [0.2, 0.25) is 0 Å². The summed E-state index contributed by atoms with van der Waals surface area (Å²) in [5.41, 5.74) is 0. The van der Waals surface area contributed by atoms with Crippen LogP contribution in [0.25, 0.3) is 0 Å². The number of carbonyl (C=O) groups is 3. The highest BCUT2D eigenvalue weighted by molar-refractivity contribution is 5.81. The molecular formula is C13H22N2O4. The van der Waals surface area contributed by atoms with E-state index in [-0.39, 0.29) is 24.9 Å². The average Bonchev–Trinajstić information content (AvgIpc) is 2.31. The van der Waals surface area contributed by atoms with E-state index in [1.165, 1.54) is 17.9 Å². The molecular weight excluding hydrogens is 248 g/mol. The van der Waals surface area contributed by atoms with Gasteiger partial charge in [-0.2, -0.15) is 0 Å². The van der Waals surface area contributed by atoms with Crippen molar-refractivity contribution in [3.05, 3.63) is 12.7 Å². The molecule has 0 heterocycles. The summed E-state index contributed by atoms with van der Waals surface area (Å²) < 4.78 is 0. The van der Waals surface area contributed by atoms with Crippen LogP contribution in [-0.2, 0) is 14.4 Å². The lowest BCUT2D eigenvalue weighted by molar-refractivity contribution is -0.144. The van der Waals surface area contributed by atoms with Crippen LogP contribution in [0.4, 0.5) is 0 Å². The molecule has 0 aromatic heterocycles. The molecule has 6 heteroatoms. The summed E-state index contributed by atoms with van der Waals surface area (Å²) in [4.78, 5) is 34.2. The smallest absolute Gasteiger partial charge is 0.323 e. The predicted octanol–water partition coefficient (Wildman–Crippen LogP) is 0.782. The third kappa shape index (κ3) is 9.82. The van der Waals surface area contributed by atoms with Gasteiger partial charge in [-0.15, -0.1) is 6.58 Å². The number of aliphatic carboxylic acids is 1. The second kappa shape index (κ2) is 10.1. The molecule has 0 saturated carbocycles. The molecule has 0 fully saturated rings. The van der Waals surface area contributed by atoms with E-state index < -0.39 is 5.97 Å². The van der Waals surface area contributed by atoms with E-state index in [1.54, 1.807) is 0 Å². The summed E-state index contributed by atoms with van der Waals surface area (Å²) in [5.74, 6) is -1.27. The zero-order chi connectivity index (χ0) is 14.7. The van der Waals surface area contributed by atoms with Crippen molar-refractivity contribution in [1.82, 2.24) is 10.2 Å². The summed E-state index contributed by atoms with van der Waals surface area (Å²) in [6.45, 7) is 5.52. The van der Waals surface area contributed by atoms with Gasteiger partial charge < -0.3 is 15.3 Å². The van der Waals surface area contributed by atoms with Gasteiger partial charge in [0.25, 0.3) is 0 Å². The molecule has 108 valence electrons. The predicted molar refractivity (Wildman–Crippen MR) is 71.6 cm³/mol. The molecule has 0 spiro atoms. The van der Waals surface area contributed by atoms with Gasteiger partial charge in [-0.25, -0.2) is 0 Å². The average molecular weight is 270 g/mol. The van der Waals surface area contributed by atoms with Gasteiger partial charge in [0.15, 0.2) is 0 Å². The van der Waals surface area contributed by atoms with E-state index in [4.69, 9.17) is 5.11 Å². The van der Waals surface area contributed by atoms with Crippen LogP contribution in [0.5, 0.6) is 0 Å². The Morgan fingerprint density at radius 3 is 2.47 bits per heavy atom. The van der Waals surface area contributed by atoms with Gasteiger partial charge in [0.2, 0.25) is 11.8 Å². The zero-order valence-corrected chi connectivity index (χ0v) is 11.4. The minimum absolute atomic E-state index is 0.0605. The largest absolute Gasteiger partial charge is 0.480 e. The third-order valence-electron chi connectivity index (χ3n) is 2.47. The second-order valence-corrected chi connectivity index (χ2v) is 4.25. The zero-order valence-electron chi connectivity index (χ0n) is 11.4. The first kappa shape index (κ1) is 17.2. The first-order valence-corrected chi connectivity index (χ1v) is 6.32. The number of nitrogens with zero attached hydrogens (tertiary/aromatic N) is 1. The minimum atomic E-state index is -1.03. The molecule has 0 bridgehead atoms. The number of carboxylic acids is 1. The van der Waals surface area contributed by atoms with Crippen LogP contribution in [0.15, 0.2) is 12.7 Å². The maximum atomic E-state index is 11.8. The molecule has 6 nitrogen and oxygen atoms in total. The molecule has 0 saturated heterocycles. The fourth-order valence-corrected chi connectivity index (χ4v) is 1.57. The number of nitrogens with one attached hydrogen (secondary N) is 1. The molecule has 0 aromatic carbocycles. The highest BCUT2D eigenvalue weighted by atomic mass is 16.4. The van der Waals surface area contributed by atoms with Crippen molar-refractivity contribution in [3.63, 3.8) is 0 Å². The van der Waals surface area contributed by atoms with Crippen LogP contribution < -0.4 is 5.32 Å². The Labute approximate surface area is 113 Å². The third-order valence-corrected chi connectivity index (χ3v) is 2.47. The molecule has 0 unspecified atom stereocenters. The van der Waals surface area contributed by atoms with Gasteiger partial charge in [-0.1, -0.05) is 12.5 Å². The molecule has 0 aliphatic carbocycles. The van der Waals surface area contributed by atoms with Crippen molar-refractivity contribution in [2.75, 3.05) is 19.6 Å². The van der Waals surface area contributed by atoms with Crippen molar-refractivity contribution in [3.8, 4) is 0 Å². The van der Waals surface area contributed by atoms with Crippen molar-refractivity contribution in [2.45, 2.75) is 32.6 Å². The van der Waals surface area contributed by atoms with E-state index in [2.05, 4.69) is 11.9 Å². The molecule has 2 amide bonds. The number of hydrogen-bond acceptors (Lipinski definition) is 3. The Balaban J connectivity index is 3.83. The number of carbonyl (C=O) groups excluding carboxylic acids is 2. The van der Waals surface area contributed by atoms with E-state index in [1.807, 2.05) is 0 Å². The topological polar surface area (TPSA) is 86.7 Å². The van der Waals surface area contributed by atoms with Crippen LogP contribution >= 0.6 is 0 Å². The van der Waals surface area contributed by atoms with Crippen molar-refractivity contribution >= 4 is 17.8 Å². The lowest BCUT2D eigenvalue weighted by Crippen LogP contribution is -2.35. The molecule has 2 N–H and O–H groups in total. The van der Waals surface area contributed by atoms with Crippen molar-refractivity contribution in [1.29, 1.82) is 0 Å². The van der Waals surface area contributed by atoms with E-state index in [0.717, 1.165) is 12.8 Å². The van der Waals surface area contributed by atoms with E-state index >= 15 is 0 Å². The van der Waals surface area contributed by atoms with Crippen LogP contribution in [0.1, 0.15) is 32.6 Å². The van der Waals surface area contributed by atoms with Crippen LogP contribution in [0, 0.1) is 0 Å². The van der Waals surface area contributed by atoms with E-state index in [0.29, 0.717) is 19.4 Å². The molecule has 19 heavy (non-hydrogen) atoms. The molecule has 0 rings (SSSR count). The molecule has 0 aliphatic heterocycles. The van der Waals surface area contributed by atoms with Gasteiger partial charge in [-0.05, 0) is 12.8 Å². The fraction of sp³-hybridized carbons (Fsp3) is 0.615. The fourth-order valence-electron chi connectivity index (χ4n) is 1.57.